The summed E-state index contributed by atoms with van der Waals surface area (Å²) in [5.41, 5.74) is 1.01. The number of nitrogens with one attached hydrogen (secondary N) is 1. The zero-order valence-electron chi connectivity index (χ0n) is 9.84. The Kier molecular flexibility index (Phi) is 3.71. The Morgan fingerprint density at radius 2 is 2.47 bits per heavy atom. The van der Waals surface area contributed by atoms with Gasteiger partial charge in [0.05, 0.1) is 6.61 Å². The van der Waals surface area contributed by atoms with Crippen molar-refractivity contribution in [2.75, 3.05) is 13.2 Å². The summed E-state index contributed by atoms with van der Waals surface area (Å²) in [6, 6.07) is 3.52. The van der Waals surface area contributed by atoms with Crippen LogP contribution in [0, 0.1) is 0 Å². The first kappa shape index (κ1) is 12.0. The van der Waals surface area contributed by atoms with Crippen LogP contribution in [0.2, 0.25) is 0 Å². The summed E-state index contributed by atoms with van der Waals surface area (Å²) in [6.07, 6.45) is 3.47. The van der Waals surface area contributed by atoms with Gasteiger partial charge in [0.2, 0.25) is 5.91 Å². The number of pyridine rings is 1. The molecule has 1 aliphatic heterocycles. The first-order valence-corrected chi connectivity index (χ1v) is 5.75. The summed E-state index contributed by atoms with van der Waals surface area (Å²) in [6.45, 7) is 3.05. The van der Waals surface area contributed by atoms with E-state index in [1.54, 1.807) is 17.3 Å². The average molecular weight is 235 g/mol. The van der Waals surface area contributed by atoms with Crippen LogP contribution < -0.4 is 5.32 Å². The molecule has 0 radical (unpaired) electrons. The highest BCUT2D eigenvalue weighted by Gasteiger charge is 2.31. The molecule has 1 aromatic heterocycles. The van der Waals surface area contributed by atoms with E-state index in [9.17, 15) is 4.79 Å². The molecule has 1 fully saturated rings. The summed E-state index contributed by atoms with van der Waals surface area (Å²) >= 11 is 0. The Balaban J connectivity index is 2.07. The molecule has 0 aliphatic carbocycles. The van der Waals surface area contributed by atoms with Gasteiger partial charge in [-0.3, -0.25) is 15.1 Å². The number of nitrogens with zero attached hydrogens (tertiary/aromatic N) is 2. The second-order valence-electron chi connectivity index (χ2n) is 4.38. The second kappa shape index (κ2) is 5.25. The van der Waals surface area contributed by atoms with Crippen molar-refractivity contribution in [1.82, 2.24) is 15.2 Å². The smallest absolute Gasteiger partial charge is 0.242 e. The van der Waals surface area contributed by atoms with Gasteiger partial charge < -0.3 is 10.0 Å². The van der Waals surface area contributed by atoms with Gasteiger partial charge in [0.1, 0.15) is 6.04 Å². The lowest BCUT2D eigenvalue weighted by Crippen LogP contribution is -2.60. The molecule has 0 saturated carbocycles. The van der Waals surface area contributed by atoms with Gasteiger partial charge in [-0.25, -0.2) is 0 Å². The maximum atomic E-state index is 12.0. The molecule has 92 valence electrons. The predicted molar refractivity (Wildman–Crippen MR) is 63.1 cm³/mol. The molecule has 5 nitrogen and oxygen atoms in total. The Bertz CT molecular complexity index is 383. The largest absolute Gasteiger partial charge is 0.394 e. The Hall–Kier alpha value is -1.46. The van der Waals surface area contributed by atoms with Crippen LogP contribution in [0.1, 0.15) is 12.5 Å². The number of hydrogen-bond acceptors (Lipinski definition) is 4. The maximum Gasteiger partial charge on any atom is 0.242 e. The molecule has 2 unspecified atom stereocenters. The van der Waals surface area contributed by atoms with Crippen LogP contribution in [-0.4, -0.2) is 46.1 Å². The van der Waals surface area contributed by atoms with E-state index in [0.717, 1.165) is 5.56 Å². The van der Waals surface area contributed by atoms with E-state index in [1.165, 1.54) is 0 Å². The molecule has 1 aliphatic rings. The lowest BCUT2D eigenvalue weighted by Gasteiger charge is -2.36. The summed E-state index contributed by atoms with van der Waals surface area (Å²) in [4.78, 5) is 17.8. The molecule has 2 heterocycles. The topological polar surface area (TPSA) is 65.5 Å². The quantitative estimate of drug-likeness (QED) is 0.759. The number of carbonyl (C=O) groups excluding carboxylic acids is 1. The van der Waals surface area contributed by atoms with E-state index in [2.05, 4.69) is 10.3 Å². The fourth-order valence-corrected chi connectivity index (χ4v) is 2.09. The number of hydrogen-bond donors (Lipinski definition) is 2. The lowest BCUT2D eigenvalue weighted by atomic mass is 10.1. The molecule has 2 atom stereocenters. The van der Waals surface area contributed by atoms with Crippen LogP contribution in [0.25, 0.3) is 0 Å². The van der Waals surface area contributed by atoms with E-state index < -0.39 is 6.04 Å². The van der Waals surface area contributed by atoms with Crippen LogP contribution >= 0.6 is 0 Å². The third-order valence-corrected chi connectivity index (χ3v) is 2.87. The first-order valence-electron chi connectivity index (χ1n) is 5.75. The Morgan fingerprint density at radius 3 is 3.12 bits per heavy atom. The van der Waals surface area contributed by atoms with E-state index >= 15 is 0 Å². The highest BCUT2D eigenvalue weighted by molar-refractivity contribution is 5.82. The highest BCUT2D eigenvalue weighted by Crippen LogP contribution is 2.10. The van der Waals surface area contributed by atoms with Crippen LogP contribution in [0.15, 0.2) is 24.5 Å². The zero-order chi connectivity index (χ0) is 12.3. The van der Waals surface area contributed by atoms with Crippen LogP contribution in [0.5, 0.6) is 0 Å². The number of carbonyl (C=O) groups is 1. The summed E-state index contributed by atoms with van der Waals surface area (Å²) < 4.78 is 0. The van der Waals surface area contributed by atoms with Gasteiger partial charge in [-0.1, -0.05) is 6.07 Å². The molecule has 1 amide bonds. The first-order chi connectivity index (χ1) is 8.20. The molecular weight excluding hydrogens is 218 g/mol. The van der Waals surface area contributed by atoms with Gasteiger partial charge in [-0.05, 0) is 18.6 Å². The normalized spacial score (nSPS) is 25.1. The minimum absolute atomic E-state index is 0.0468. The number of amides is 1. The van der Waals surface area contributed by atoms with Crippen molar-refractivity contribution in [3.05, 3.63) is 30.1 Å². The zero-order valence-corrected chi connectivity index (χ0v) is 9.84. The van der Waals surface area contributed by atoms with Gasteiger partial charge in [0, 0.05) is 31.5 Å². The number of aliphatic hydroxyl groups excluding tert-OH is 1. The number of piperazine rings is 1. The molecule has 17 heavy (non-hydrogen) atoms. The Morgan fingerprint density at radius 1 is 1.65 bits per heavy atom. The van der Waals surface area contributed by atoms with E-state index in [4.69, 9.17) is 5.11 Å². The van der Waals surface area contributed by atoms with Crippen molar-refractivity contribution in [2.24, 2.45) is 0 Å². The molecule has 5 heteroatoms. The fourth-order valence-electron chi connectivity index (χ4n) is 2.09. The van der Waals surface area contributed by atoms with E-state index in [0.29, 0.717) is 13.1 Å². The Labute approximate surface area is 100 Å². The van der Waals surface area contributed by atoms with Gasteiger partial charge in [-0.2, -0.15) is 0 Å². The van der Waals surface area contributed by atoms with Gasteiger partial charge >= 0.3 is 0 Å². The van der Waals surface area contributed by atoms with Crippen LogP contribution in [0.4, 0.5) is 0 Å². The van der Waals surface area contributed by atoms with Crippen molar-refractivity contribution < 1.29 is 9.90 Å². The van der Waals surface area contributed by atoms with Crippen molar-refractivity contribution >= 4 is 5.91 Å². The molecule has 1 saturated heterocycles. The SMILES string of the molecule is CC1CN(Cc2cccnc2)C(=O)C(CO)N1. The molecule has 1 aromatic rings. The minimum Gasteiger partial charge on any atom is -0.394 e. The van der Waals surface area contributed by atoms with E-state index in [1.807, 2.05) is 19.1 Å². The molecule has 2 N–H and O–H groups in total. The predicted octanol–water partition coefficient (Wildman–Crippen LogP) is -0.237. The van der Waals surface area contributed by atoms with Crippen molar-refractivity contribution in [1.29, 1.82) is 0 Å². The highest BCUT2D eigenvalue weighted by atomic mass is 16.3. The van der Waals surface area contributed by atoms with Gasteiger partial charge in [-0.15, -0.1) is 0 Å². The number of aliphatic hydroxyl groups is 1. The summed E-state index contributed by atoms with van der Waals surface area (Å²) in [5, 5.41) is 12.2. The summed E-state index contributed by atoms with van der Waals surface area (Å²) in [5.74, 6) is -0.0468. The third-order valence-electron chi connectivity index (χ3n) is 2.87. The monoisotopic (exact) mass is 235 g/mol. The standard InChI is InChI=1S/C12H17N3O2/c1-9-6-15(12(17)11(8-16)14-9)7-10-3-2-4-13-5-10/h2-5,9,11,14,16H,6-8H2,1H3. The van der Waals surface area contributed by atoms with Crippen molar-refractivity contribution in [3.8, 4) is 0 Å². The molecule has 2 rings (SSSR count). The molecule has 0 spiro atoms. The van der Waals surface area contributed by atoms with Crippen LogP contribution in [-0.2, 0) is 11.3 Å². The molecule has 0 bridgehead atoms. The van der Waals surface area contributed by atoms with Crippen LogP contribution in [0.3, 0.4) is 0 Å². The molecular formula is C12H17N3O2. The summed E-state index contributed by atoms with van der Waals surface area (Å²) in [7, 11) is 0. The maximum absolute atomic E-state index is 12.0. The lowest BCUT2D eigenvalue weighted by molar-refractivity contribution is -0.138. The molecule has 0 aromatic carbocycles. The van der Waals surface area contributed by atoms with Crippen molar-refractivity contribution in [3.63, 3.8) is 0 Å². The fraction of sp³-hybridized carbons (Fsp3) is 0.500. The number of aromatic nitrogens is 1. The van der Waals surface area contributed by atoms with Gasteiger partial charge in [0.15, 0.2) is 0 Å². The average Bonchev–Trinajstić information content (AvgIpc) is 2.34. The van der Waals surface area contributed by atoms with Gasteiger partial charge in [0.25, 0.3) is 0 Å². The van der Waals surface area contributed by atoms with Crippen molar-refractivity contribution in [2.45, 2.75) is 25.6 Å². The number of rotatable bonds is 3. The second-order valence-corrected chi connectivity index (χ2v) is 4.38. The minimum atomic E-state index is -0.476. The third kappa shape index (κ3) is 2.81. The van der Waals surface area contributed by atoms with E-state index in [-0.39, 0.29) is 18.6 Å².